The molecule has 1 heterocycles. The molecule has 1 saturated heterocycles. The van der Waals surface area contributed by atoms with Crippen LogP contribution in [0.15, 0.2) is 29.3 Å². The molecular formula is C29H47N9O7. The molecule has 0 spiro atoms. The first-order valence-corrected chi connectivity index (χ1v) is 15.0. The number of aliphatic imine (C=N–C) groups is 1. The van der Waals surface area contributed by atoms with E-state index in [0.717, 1.165) is 0 Å². The van der Waals surface area contributed by atoms with E-state index in [0.29, 0.717) is 49.9 Å². The van der Waals surface area contributed by atoms with Gasteiger partial charge in [-0.3, -0.25) is 24.2 Å². The number of aliphatic hydroxyl groups is 1. The number of carbonyl (C=O) groups excluding carboxylic acids is 4. The van der Waals surface area contributed by atoms with Gasteiger partial charge in [0.25, 0.3) is 0 Å². The summed E-state index contributed by atoms with van der Waals surface area (Å²) in [6.45, 7) is 2.12. The van der Waals surface area contributed by atoms with Crippen LogP contribution in [-0.4, -0.2) is 101 Å². The quantitative estimate of drug-likeness (QED) is 0.0365. The molecule has 1 aromatic carbocycles. The Morgan fingerprint density at radius 2 is 1.67 bits per heavy atom. The normalized spacial score (nSPS) is 17.0. The average Bonchev–Trinajstić information content (AvgIpc) is 3.47. The highest BCUT2D eigenvalue weighted by Crippen LogP contribution is 2.21. The number of likely N-dealkylation sites (tertiary alicyclic amines) is 1. The SMILES string of the molecule is C[C@H](O)[C@H](NC(=O)Cc1ccc(N)cc1)C(=O)N[C@H](CCCCN)C(=O)N1CCC[C@@H]1C(=O)N[C@@H](CCCN=C(N)N)C(=O)O. The Morgan fingerprint density at radius 3 is 2.27 bits per heavy atom. The van der Waals surface area contributed by atoms with Crippen molar-refractivity contribution in [2.75, 3.05) is 25.4 Å². The van der Waals surface area contributed by atoms with Crippen molar-refractivity contribution in [2.45, 2.75) is 88.6 Å². The van der Waals surface area contributed by atoms with Crippen molar-refractivity contribution >= 4 is 41.2 Å². The number of nitrogen functional groups attached to an aromatic ring is 1. The molecule has 0 unspecified atom stereocenters. The fourth-order valence-corrected chi connectivity index (χ4v) is 4.99. The van der Waals surface area contributed by atoms with Crippen LogP contribution < -0.4 is 38.9 Å². The van der Waals surface area contributed by atoms with Crippen LogP contribution in [0.25, 0.3) is 0 Å². The summed E-state index contributed by atoms with van der Waals surface area (Å²) in [4.78, 5) is 69.9. The van der Waals surface area contributed by atoms with Crippen LogP contribution in [0.4, 0.5) is 5.69 Å². The summed E-state index contributed by atoms with van der Waals surface area (Å²) in [5, 5.41) is 27.6. The molecule has 1 aliphatic heterocycles. The van der Waals surface area contributed by atoms with Crippen LogP contribution in [0.3, 0.4) is 0 Å². The van der Waals surface area contributed by atoms with E-state index in [1.54, 1.807) is 24.3 Å². The molecule has 4 amide bonds. The standard InChI is InChI=1S/C29H47N9O7/c1-17(39)24(37-23(40)16-18-9-11-19(31)12-10-18)26(42)35-20(6-2-3-13-30)27(43)38-15-5-8-22(38)25(41)36-21(28(44)45)7-4-14-34-29(32)33/h9-12,17,20-22,24,39H,2-8,13-16,30-31H2,1H3,(H,35,42)(H,36,41)(H,37,40)(H,44,45)(H4,32,33,34)/t17-,20+,21-,22+,24-/m0/s1. The number of carboxylic acid groups (broad SMARTS) is 1. The highest BCUT2D eigenvalue weighted by molar-refractivity contribution is 5.95. The number of amides is 4. The molecular weight excluding hydrogens is 586 g/mol. The van der Waals surface area contributed by atoms with Crippen LogP contribution >= 0.6 is 0 Å². The molecule has 0 saturated carbocycles. The van der Waals surface area contributed by atoms with Crippen molar-refractivity contribution < 1.29 is 34.2 Å². The smallest absolute Gasteiger partial charge is 0.326 e. The molecule has 13 N–H and O–H groups in total. The number of carboxylic acids is 1. The first-order chi connectivity index (χ1) is 21.3. The van der Waals surface area contributed by atoms with Gasteiger partial charge in [0.05, 0.1) is 12.5 Å². The molecule has 0 bridgehead atoms. The Balaban J connectivity index is 2.13. The van der Waals surface area contributed by atoms with Crippen molar-refractivity contribution in [1.29, 1.82) is 0 Å². The van der Waals surface area contributed by atoms with E-state index in [4.69, 9.17) is 22.9 Å². The average molecular weight is 634 g/mol. The van der Waals surface area contributed by atoms with Crippen molar-refractivity contribution in [1.82, 2.24) is 20.9 Å². The molecule has 0 radical (unpaired) electrons. The van der Waals surface area contributed by atoms with Crippen LogP contribution in [0.2, 0.25) is 0 Å². The van der Waals surface area contributed by atoms with Crippen LogP contribution in [0, 0.1) is 0 Å². The van der Waals surface area contributed by atoms with E-state index < -0.39 is 59.9 Å². The lowest BCUT2D eigenvalue weighted by molar-refractivity contribution is -0.145. The molecule has 1 fully saturated rings. The summed E-state index contributed by atoms with van der Waals surface area (Å²) >= 11 is 0. The van der Waals surface area contributed by atoms with Gasteiger partial charge < -0.3 is 54.0 Å². The summed E-state index contributed by atoms with van der Waals surface area (Å²) < 4.78 is 0. The lowest BCUT2D eigenvalue weighted by atomic mass is 10.0. The number of rotatable bonds is 18. The van der Waals surface area contributed by atoms with Gasteiger partial charge in [-0.25, -0.2) is 4.79 Å². The molecule has 2 rings (SSSR count). The Morgan fingerprint density at radius 1 is 1.00 bits per heavy atom. The molecule has 0 aromatic heterocycles. The molecule has 1 aliphatic rings. The lowest BCUT2D eigenvalue weighted by Gasteiger charge is -2.31. The fraction of sp³-hybridized carbons (Fsp3) is 0.586. The number of carbonyl (C=O) groups is 5. The monoisotopic (exact) mass is 633 g/mol. The van der Waals surface area contributed by atoms with Gasteiger partial charge in [0.1, 0.15) is 24.2 Å². The van der Waals surface area contributed by atoms with E-state index >= 15 is 0 Å². The van der Waals surface area contributed by atoms with Crippen molar-refractivity contribution in [3.63, 3.8) is 0 Å². The number of hydrogen-bond donors (Lipinski definition) is 9. The zero-order chi connectivity index (χ0) is 33.5. The minimum absolute atomic E-state index is 0.0637. The molecule has 250 valence electrons. The number of benzene rings is 1. The Kier molecular flexibility index (Phi) is 15.0. The maximum absolute atomic E-state index is 13.8. The van der Waals surface area contributed by atoms with Crippen molar-refractivity contribution in [3.8, 4) is 0 Å². The first kappa shape index (κ1) is 36.8. The van der Waals surface area contributed by atoms with Crippen molar-refractivity contribution in [3.05, 3.63) is 29.8 Å². The largest absolute Gasteiger partial charge is 0.480 e. The number of anilines is 1. The molecule has 1 aromatic rings. The minimum atomic E-state index is -1.36. The van der Waals surface area contributed by atoms with Crippen LogP contribution in [-0.2, 0) is 30.4 Å². The number of guanidine groups is 1. The maximum atomic E-state index is 13.8. The molecule has 5 atom stereocenters. The summed E-state index contributed by atoms with van der Waals surface area (Å²) in [7, 11) is 0. The number of nitrogens with two attached hydrogens (primary N) is 4. The summed E-state index contributed by atoms with van der Waals surface area (Å²) in [6.07, 6.45) is 1.07. The lowest BCUT2D eigenvalue weighted by Crippen LogP contribution is -2.59. The predicted molar refractivity (Wildman–Crippen MR) is 167 cm³/mol. The third kappa shape index (κ3) is 12.2. The molecule has 0 aliphatic carbocycles. The summed E-state index contributed by atoms with van der Waals surface area (Å²) in [5.74, 6) is -3.81. The summed E-state index contributed by atoms with van der Waals surface area (Å²) in [6, 6.07) is 2.03. The fourth-order valence-electron chi connectivity index (χ4n) is 4.99. The van der Waals surface area contributed by atoms with Crippen molar-refractivity contribution in [2.24, 2.45) is 22.2 Å². The van der Waals surface area contributed by atoms with Gasteiger partial charge in [-0.05, 0) is 76.1 Å². The number of hydrogen-bond acceptors (Lipinski definition) is 9. The van der Waals surface area contributed by atoms with Gasteiger partial charge in [0.15, 0.2) is 5.96 Å². The second-order valence-electron chi connectivity index (χ2n) is 11.1. The third-order valence-electron chi connectivity index (χ3n) is 7.39. The Labute approximate surface area is 262 Å². The van der Waals surface area contributed by atoms with Gasteiger partial charge in [-0.2, -0.15) is 0 Å². The zero-order valence-electron chi connectivity index (χ0n) is 25.6. The molecule has 16 nitrogen and oxygen atoms in total. The van der Waals surface area contributed by atoms with E-state index in [-0.39, 0.29) is 38.3 Å². The summed E-state index contributed by atoms with van der Waals surface area (Å²) in [5.41, 5.74) is 23.1. The maximum Gasteiger partial charge on any atom is 0.326 e. The number of unbranched alkanes of at least 4 members (excludes halogenated alkanes) is 1. The number of aliphatic hydroxyl groups excluding tert-OH is 1. The second-order valence-corrected chi connectivity index (χ2v) is 11.1. The minimum Gasteiger partial charge on any atom is -0.480 e. The van der Waals surface area contributed by atoms with Gasteiger partial charge in [0, 0.05) is 18.8 Å². The van der Waals surface area contributed by atoms with Crippen LogP contribution in [0.5, 0.6) is 0 Å². The van der Waals surface area contributed by atoms with E-state index in [9.17, 15) is 34.2 Å². The first-order valence-electron chi connectivity index (χ1n) is 15.0. The third-order valence-corrected chi connectivity index (χ3v) is 7.39. The van der Waals surface area contributed by atoms with Crippen LogP contribution in [0.1, 0.15) is 57.4 Å². The molecule has 16 heteroatoms. The highest BCUT2D eigenvalue weighted by Gasteiger charge is 2.39. The van der Waals surface area contributed by atoms with E-state index in [1.807, 2.05) is 0 Å². The van der Waals surface area contributed by atoms with Gasteiger partial charge >= 0.3 is 5.97 Å². The Bertz CT molecular complexity index is 1190. The predicted octanol–water partition coefficient (Wildman–Crippen LogP) is -2.10. The van der Waals surface area contributed by atoms with Gasteiger partial charge in [-0.1, -0.05) is 12.1 Å². The Hall–Kier alpha value is -4.44. The van der Waals surface area contributed by atoms with Gasteiger partial charge in [-0.15, -0.1) is 0 Å². The van der Waals surface area contributed by atoms with Gasteiger partial charge in [0.2, 0.25) is 23.6 Å². The number of nitrogens with zero attached hydrogens (tertiary/aromatic N) is 2. The number of nitrogens with one attached hydrogen (secondary N) is 3. The highest BCUT2D eigenvalue weighted by atomic mass is 16.4. The number of aliphatic carboxylic acids is 1. The van der Waals surface area contributed by atoms with E-state index in [2.05, 4.69) is 20.9 Å². The second kappa shape index (κ2) is 18.4. The molecule has 45 heavy (non-hydrogen) atoms. The van der Waals surface area contributed by atoms with E-state index in [1.165, 1.54) is 11.8 Å². The zero-order valence-corrected chi connectivity index (χ0v) is 25.6. The topological polar surface area (TPSA) is 282 Å².